The highest BCUT2D eigenvalue weighted by molar-refractivity contribution is 5.93. The minimum absolute atomic E-state index is 0.0719. The smallest absolute Gasteiger partial charge is 0.338 e. The summed E-state index contributed by atoms with van der Waals surface area (Å²) in [6.45, 7) is 6.74. The molecule has 3 aliphatic rings. The third-order valence-electron chi connectivity index (χ3n) is 8.06. The van der Waals surface area contributed by atoms with E-state index >= 15 is 0 Å². The van der Waals surface area contributed by atoms with Crippen LogP contribution in [0.3, 0.4) is 0 Å². The Hall–Kier alpha value is -2.71. The summed E-state index contributed by atoms with van der Waals surface area (Å²) >= 11 is 0. The van der Waals surface area contributed by atoms with Gasteiger partial charge in [-0.25, -0.2) is 9.48 Å². The number of piperidine rings is 2. The molecule has 176 valence electrons. The number of esters is 1. The lowest BCUT2D eigenvalue weighted by atomic mass is 9.71. The average Bonchev–Trinajstić information content (AvgIpc) is 3.20. The Bertz CT molecular complexity index is 1110. The van der Waals surface area contributed by atoms with Gasteiger partial charge in [-0.15, -0.1) is 0 Å². The number of carbonyl (C=O) groups excluding carboxylic acids is 1. The van der Waals surface area contributed by atoms with Crippen molar-refractivity contribution in [2.24, 2.45) is 12.5 Å². The lowest BCUT2D eigenvalue weighted by molar-refractivity contribution is 0.0448. The number of hydrogen-bond acceptors (Lipinski definition) is 7. The van der Waals surface area contributed by atoms with Gasteiger partial charge in [0.05, 0.1) is 23.6 Å². The van der Waals surface area contributed by atoms with Crippen molar-refractivity contribution in [1.82, 2.24) is 14.7 Å². The van der Waals surface area contributed by atoms with Crippen LogP contribution >= 0.6 is 0 Å². The fourth-order valence-corrected chi connectivity index (χ4v) is 5.65. The van der Waals surface area contributed by atoms with E-state index in [0.29, 0.717) is 24.1 Å². The van der Waals surface area contributed by atoms with E-state index in [1.807, 2.05) is 13.0 Å². The fraction of sp³-hybridized carbons (Fsp3) is 0.560. The largest absolute Gasteiger partial charge is 0.457 e. The number of aliphatic hydroxyl groups excluding tert-OH is 1. The summed E-state index contributed by atoms with van der Waals surface area (Å²) in [6, 6.07) is 5.34. The van der Waals surface area contributed by atoms with Crippen LogP contribution in [0.25, 0.3) is 0 Å². The number of rotatable bonds is 4. The van der Waals surface area contributed by atoms with Crippen LogP contribution in [0.5, 0.6) is 0 Å². The quantitative estimate of drug-likeness (QED) is 0.712. The molecule has 2 aromatic rings. The van der Waals surface area contributed by atoms with Crippen molar-refractivity contribution in [1.29, 1.82) is 0 Å². The van der Waals surface area contributed by atoms with Crippen LogP contribution in [0.15, 0.2) is 29.2 Å². The lowest BCUT2D eigenvalue weighted by Gasteiger charge is -2.47. The lowest BCUT2D eigenvalue weighted by Crippen LogP contribution is -2.47. The highest BCUT2D eigenvalue weighted by Gasteiger charge is 2.38. The third-order valence-corrected chi connectivity index (χ3v) is 8.06. The van der Waals surface area contributed by atoms with Crippen LogP contribution < -0.4 is 10.5 Å². The molecule has 1 aromatic carbocycles. The fourth-order valence-electron chi connectivity index (χ4n) is 5.65. The predicted molar refractivity (Wildman–Crippen MR) is 124 cm³/mol. The minimum Gasteiger partial charge on any atom is -0.457 e. The zero-order valence-corrected chi connectivity index (χ0v) is 19.4. The predicted octanol–water partition coefficient (Wildman–Crippen LogP) is 2.18. The summed E-state index contributed by atoms with van der Waals surface area (Å²) < 4.78 is 6.50. The molecule has 2 saturated heterocycles. The van der Waals surface area contributed by atoms with Gasteiger partial charge in [0.15, 0.2) is 0 Å². The van der Waals surface area contributed by atoms with E-state index in [4.69, 9.17) is 4.74 Å². The van der Waals surface area contributed by atoms with E-state index < -0.39 is 6.10 Å². The summed E-state index contributed by atoms with van der Waals surface area (Å²) in [5.74, 6) is -0.271. The molecule has 3 aliphatic heterocycles. The molecule has 0 radical (unpaired) electrons. The maximum atomic E-state index is 11.9. The summed E-state index contributed by atoms with van der Waals surface area (Å²) in [7, 11) is 1.67. The number of aromatic nitrogens is 2. The number of likely N-dealkylation sites (tertiary alicyclic amines) is 1. The number of ether oxygens (including phenoxy) is 1. The molecule has 0 amide bonds. The Labute approximate surface area is 193 Å². The van der Waals surface area contributed by atoms with Gasteiger partial charge in [0.2, 0.25) is 0 Å². The first-order chi connectivity index (χ1) is 15.8. The molecule has 8 nitrogen and oxygen atoms in total. The second-order valence-electron chi connectivity index (χ2n) is 9.86. The van der Waals surface area contributed by atoms with Crippen molar-refractivity contribution >= 4 is 11.7 Å². The van der Waals surface area contributed by atoms with Crippen molar-refractivity contribution in [2.45, 2.75) is 45.3 Å². The normalized spacial score (nSPS) is 21.2. The van der Waals surface area contributed by atoms with E-state index in [2.05, 4.69) is 14.9 Å². The van der Waals surface area contributed by atoms with E-state index in [9.17, 15) is 14.7 Å². The average molecular weight is 453 g/mol. The van der Waals surface area contributed by atoms with Crippen LogP contribution in [-0.2, 0) is 18.4 Å². The molecule has 1 unspecified atom stereocenters. The molecule has 2 fully saturated rings. The second-order valence-corrected chi connectivity index (χ2v) is 9.86. The molecule has 0 aliphatic carbocycles. The minimum atomic E-state index is -0.574. The maximum Gasteiger partial charge on any atom is 0.338 e. The van der Waals surface area contributed by atoms with Crippen molar-refractivity contribution in [3.05, 3.63) is 57.0 Å². The standard InChI is InChI=1S/C25H32N4O4/c1-17-19(3-4-20-21(17)16-33-24(20)32)22(30)15-28-9-5-25(6-10-28)7-11-29(12-8-25)18-13-23(31)27(2)26-14-18/h3-4,13-14,22,30H,5-12,15-16H2,1-2H3. The SMILES string of the molecule is Cc1c(C(O)CN2CCC3(CC2)CCN(c2cnn(C)c(=O)c2)CC3)ccc2c1COC2=O. The molecule has 1 atom stereocenters. The molecule has 1 N–H and O–H groups in total. The highest BCUT2D eigenvalue weighted by atomic mass is 16.5. The van der Waals surface area contributed by atoms with Gasteiger partial charge in [0.25, 0.3) is 5.56 Å². The Morgan fingerprint density at radius 2 is 1.82 bits per heavy atom. The molecular formula is C25H32N4O4. The number of nitrogens with zero attached hydrogens (tertiary/aromatic N) is 4. The third kappa shape index (κ3) is 4.17. The van der Waals surface area contributed by atoms with Gasteiger partial charge in [0.1, 0.15) is 6.61 Å². The summed E-state index contributed by atoms with van der Waals surface area (Å²) in [6.07, 6.45) is 5.72. The molecular weight excluding hydrogens is 420 g/mol. The van der Waals surface area contributed by atoms with Gasteiger partial charge >= 0.3 is 5.97 Å². The van der Waals surface area contributed by atoms with Crippen molar-refractivity contribution in [3.8, 4) is 0 Å². The first-order valence-electron chi connectivity index (χ1n) is 11.8. The Morgan fingerprint density at radius 1 is 1.12 bits per heavy atom. The second kappa shape index (κ2) is 8.57. The van der Waals surface area contributed by atoms with Gasteiger partial charge in [-0.1, -0.05) is 6.07 Å². The van der Waals surface area contributed by atoms with Crippen LogP contribution in [0.4, 0.5) is 5.69 Å². The van der Waals surface area contributed by atoms with Crippen LogP contribution in [0.2, 0.25) is 0 Å². The van der Waals surface area contributed by atoms with E-state index in [0.717, 1.165) is 74.2 Å². The van der Waals surface area contributed by atoms with Crippen LogP contribution in [0.1, 0.15) is 58.8 Å². The number of fused-ring (bicyclic) bond motifs is 1. The zero-order valence-electron chi connectivity index (χ0n) is 19.4. The molecule has 33 heavy (non-hydrogen) atoms. The van der Waals surface area contributed by atoms with Gasteiger partial charge in [0, 0.05) is 38.3 Å². The van der Waals surface area contributed by atoms with Crippen molar-refractivity contribution in [3.63, 3.8) is 0 Å². The molecule has 1 aromatic heterocycles. The Balaban J connectivity index is 1.16. The number of aliphatic hydroxyl groups is 1. The molecule has 1 spiro atoms. The Morgan fingerprint density at radius 3 is 2.52 bits per heavy atom. The van der Waals surface area contributed by atoms with Gasteiger partial charge in [-0.05, 0) is 68.3 Å². The van der Waals surface area contributed by atoms with Crippen molar-refractivity contribution in [2.75, 3.05) is 37.6 Å². The zero-order chi connectivity index (χ0) is 23.2. The van der Waals surface area contributed by atoms with Gasteiger partial charge in [-0.2, -0.15) is 5.10 Å². The molecule has 0 bridgehead atoms. The topological polar surface area (TPSA) is 87.9 Å². The summed E-state index contributed by atoms with van der Waals surface area (Å²) in [5, 5.41) is 15.1. The van der Waals surface area contributed by atoms with E-state index in [1.165, 1.54) is 4.68 Å². The molecule has 5 rings (SSSR count). The molecule has 4 heterocycles. The number of aryl methyl sites for hydroxylation is 1. The maximum absolute atomic E-state index is 11.9. The number of carbonyl (C=O) groups is 1. The number of β-amino-alcohol motifs (C(OH)–C–C–N with tert-alkyl or cyclic N) is 1. The number of hydrogen-bond donors (Lipinski definition) is 1. The van der Waals surface area contributed by atoms with E-state index in [-0.39, 0.29) is 11.5 Å². The van der Waals surface area contributed by atoms with Crippen LogP contribution in [-0.4, -0.2) is 58.5 Å². The highest BCUT2D eigenvalue weighted by Crippen LogP contribution is 2.42. The molecule has 0 saturated carbocycles. The molecule has 8 heteroatoms. The number of benzene rings is 1. The number of cyclic esters (lactones) is 1. The summed E-state index contributed by atoms with van der Waals surface area (Å²) in [4.78, 5) is 28.3. The first kappa shape index (κ1) is 22.1. The Kier molecular flexibility index (Phi) is 5.74. The van der Waals surface area contributed by atoms with Gasteiger partial charge in [-0.3, -0.25) is 4.79 Å². The summed E-state index contributed by atoms with van der Waals surface area (Å²) in [5.41, 5.74) is 4.60. The van der Waals surface area contributed by atoms with Crippen LogP contribution in [0, 0.1) is 12.3 Å². The van der Waals surface area contributed by atoms with Gasteiger partial charge < -0.3 is 19.6 Å². The van der Waals surface area contributed by atoms with E-state index in [1.54, 1.807) is 25.4 Å². The monoisotopic (exact) mass is 452 g/mol. The van der Waals surface area contributed by atoms with Crippen molar-refractivity contribution < 1.29 is 14.6 Å². The number of anilines is 1. The first-order valence-corrected chi connectivity index (χ1v) is 11.8.